The van der Waals surface area contributed by atoms with Crippen LogP contribution in [0, 0.1) is 18.3 Å². The van der Waals surface area contributed by atoms with Crippen molar-refractivity contribution in [1.29, 1.82) is 5.26 Å². The lowest BCUT2D eigenvalue weighted by Crippen LogP contribution is -1.99. The number of nitriles is 1. The Morgan fingerprint density at radius 3 is 2.93 bits per heavy atom. The highest BCUT2D eigenvalue weighted by Gasteiger charge is 2.17. The monoisotopic (exact) mass is 408 g/mol. The summed E-state index contributed by atoms with van der Waals surface area (Å²) in [5, 5.41) is 24.8. The average Bonchev–Trinajstić information content (AvgIpc) is 3.46. The zero-order valence-corrected chi connectivity index (χ0v) is 16.9. The molecule has 4 rings (SSSR count). The third-order valence-corrected chi connectivity index (χ3v) is 5.93. The van der Waals surface area contributed by atoms with Crippen LogP contribution in [0.3, 0.4) is 0 Å². The van der Waals surface area contributed by atoms with Gasteiger partial charge in [0.1, 0.15) is 0 Å². The number of thiophene rings is 1. The second kappa shape index (κ2) is 7.96. The van der Waals surface area contributed by atoms with Crippen LogP contribution in [0.15, 0.2) is 45.4 Å². The fraction of sp³-hybridized carbons (Fsp3) is 0.211. The van der Waals surface area contributed by atoms with Gasteiger partial charge < -0.3 is 9.09 Å². The first-order valence-corrected chi connectivity index (χ1v) is 10.5. The van der Waals surface area contributed by atoms with E-state index in [-0.39, 0.29) is 0 Å². The highest BCUT2D eigenvalue weighted by molar-refractivity contribution is 7.98. The molecule has 0 amide bonds. The zero-order chi connectivity index (χ0) is 19.5. The van der Waals surface area contributed by atoms with E-state index in [0.29, 0.717) is 28.6 Å². The van der Waals surface area contributed by atoms with Crippen molar-refractivity contribution < 1.29 is 4.52 Å². The first kappa shape index (κ1) is 18.4. The van der Waals surface area contributed by atoms with Gasteiger partial charge in [-0.2, -0.15) is 10.2 Å². The van der Waals surface area contributed by atoms with Crippen molar-refractivity contribution in [2.75, 3.05) is 0 Å². The van der Waals surface area contributed by atoms with E-state index in [1.165, 1.54) is 11.8 Å². The van der Waals surface area contributed by atoms with Gasteiger partial charge in [0, 0.05) is 6.54 Å². The lowest BCUT2D eigenvalue weighted by molar-refractivity contribution is 0.425. The van der Waals surface area contributed by atoms with Crippen LogP contribution in [0.1, 0.15) is 23.9 Å². The minimum Gasteiger partial charge on any atom is -0.334 e. The van der Waals surface area contributed by atoms with Gasteiger partial charge in [0.05, 0.1) is 27.8 Å². The summed E-state index contributed by atoms with van der Waals surface area (Å²) in [5.74, 6) is 2.27. The summed E-state index contributed by atoms with van der Waals surface area (Å²) in [6.07, 6.45) is 0. The minimum atomic E-state index is 0.354. The van der Waals surface area contributed by atoms with Crippen molar-refractivity contribution >= 4 is 23.1 Å². The van der Waals surface area contributed by atoms with Gasteiger partial charge >= 0.3 is 0 Å². The zero-order valence-electron chi connectivity index (χ0n) is 15.3. The van der Waals surface area contributed by atoms with Gasteiger partial charge in [-0.15, -0.1) is 21.5 Å². The Kier molecular flexibility index (Phi) is 5.23. The van der Waals surface area contributed by atoms with Crippen LogP contribution in [0.2, 0.25) is 0 Å². The van der Waals surface area contributed by atoms with Crippen LogP contribution in [-0.4, -0.2) is 24.9 Å². The Morgan fingerprint density at radius 1 is 1.29 bits per heavy atom. The third-order valence-electron chi connectivity index (χ3n) is 4.10. The van der Waals surface area contributed by atoms with Crippen molar-refractivity contribution in [3.05, 3.63) is 52.7 Å². The van der Waals surface area contributed by atoms with E-state index in [2.05, 4.69) is 37.9 Å². The maximum absolute atomic E-state index is 9.31. The molecule has 0 fully saturated rings. The maximum atomic E-state index is 9.31. The molecule has 0 bridgehead atoms. The van der Waals surface area contributed by atoms with E-state index >= 15 is 0 Å². The van der Waals surface area contributed by atoms with Gasteiger partial charge in [0.25, 0.3) is 5.89 Å². The molecule has 0 radical (unpaired) electrons. The normalized spacial score (nSPS) is 10.9. The Bertz CT molecular complexity index is 1140. The smallest absolute Gasteiger partial charge is 0.259 e. The summed E-state index contributed by atoms with van der Waals surface area (Å²) in [7, 11) is 0. The van der Waals surface area contributed by atoms with Gasteiger partial charge in [0.2, 0.25) is 0 Å². The van der Waals surface area contributed by atoms with Crippen molar-refractivity contribution in [2.24, 2.45) is 0 Å². The SMILES string of the molecule is CCn1c(SCc2noc(-c3cc(C)ccc3C#N)n2)nnc1-c1cccs1. The first-order valence-electron chi connectivity index (χ1n) is 8.63. The molecule has 0 saturated heterocycles. The molecular formula is C19H16N6OS2. The molecule has 140 valence electrons. The van der Waals surface area contributed by atoms with Crippen LogP contribution >= 0.6 is 23.1 Å². The van der Waals surface area contributed by atoms with Crippen molar-refractivity contribution in [1.82, 2.24) is 24.9 Å². The van der Waals surface area contributed by atoms with Crippen molar-refractivity contribution in [3.63, 3.8) is 0 Å². The molecule has 0 aliphatic carbocycles. The van der Waals surface area contributed by atoms with E-state index in [1.54, 1.807) is 17.4 Å². The molecule has 0 spiro atoms. The molecule has 1 aromatic carbocycles. The molecule has 3 aromatic heterocycles. The summed E-state index contributed by atoms with van der Waals surface area (Å²) >= 11 is 3.15. The highest BCUT2D eigenvalue weighted by Crippen LogP contribution is 2.29. The number of thioether (sulfide) groups is 1. The number of nitrogens with zero attached hydrogens (tertiary/aromatic N) is 6. The Labute approximate surface area is 170 Å². The number of benzene rings is 1. The largest absolute Gasteiger partial charge is 0.334 e. The molecule has 3 heterocycles. The summed E-state index contributed by atoms with van der Waals surface area (Å²) in [6.45, 7) is 4.80. The lowest BCUT2D eigenvalue weighted by Gasteiger charge is -2.04. The summed E-state index contributed by atoms with van der Waals surface area (Å²) < 4.78 is 7.47. The molecule has 0 aliphatic heterocycles. The summed E-state index contributed by atoms with van der Waals surface area (Å²) in [4.78, 5) is 5.54. The fourth-order valence-electron chi connectivity index (χ4n) is 2.75. The third kappa shape index (κ3) is 3.56. The Balaban J connectivity index is 1.53. The van der Waals surface area contributed by atoms with Gasteiger partial charge in [-0.05, 0) is 37.4 Å². The number of aromatic nitrogens is 5. The van der Waals surface area contributed by atoms with Gasteiger partial charge in [-0.25, -0.2) is 0 Å². The standard InChI is InChI=1S/C19H16N6OS2/c1-3-25-17(15-5-4-8-27-15)22-23-19(25)28-11-16-21-18(26-24-16)14-9-12(2)6-7-13(14)10-20/h4-9H,3,11H2,1-2H3. The second-order valence-corrected chi connectivity index (χ2v) is 7.88. The van der Waals surface area contributed by atoms with Crippen molar-refractivity contribution in [2.45, 2.75) is 31.3 Å². The van der Waals surface area contributed by atoms with E-state index in [9.17, 15) is 5.26 Å². The molecule has 0 unspecified atom stereocenters. The Morgan fingerprint density at radius 2 is 2.18 bits per heavy atom. The van der Waals surface area contributed by atoms with Crippen LogP contribution < -0.4 is 0 Å². The van der Waals surface area contributed by atoms with E-state index in [4.69, 9.17) is 4.52 Å². The number of rotatable bonds is 6. The fourth-order valence-corrected chi connectivity index (χ4v) is 4.31. The quantitative estimate of drug-likeness (QED) is 0.432. The highest BCUT2D eigenvalue weighted by atomic mass is 32.2. The number of hydrogen-bond acceptors (Lipinski definition) is 8. The minimum absolute atomic E-state index is 0.354. The van der Waals surface area contributed by atoms with Crippen LogP contribution in [0.5, 0.6) is 0 Å². The molecule has 0 N–H and O–H groups in total. The summed E-state index contributed by atoms with van der Waals surface area (Å²) in [6, 6.07) is 11.7. The molecule has 0 aliphatic rings. The van der Waals surface area contributed by atoms with Crippen LogP contribution in [0.25, 0.3) is 22.2 Å². The topological polar surface area (TPSA) is 93.4 Å². The van der Waals surface area contributed by atoms with Gasteiger partial charge in [-0.1, -0.05) is 34.6 Å². The Hall–Kier alpha value is -2.96. The molecule has 28 heavy (non-hydrogen) atoms. The predicted molar refractivity (Wildman–Crippen MR) is 108 cm³/mol. The predicted octanol–water partition coefficient (Wildman–Crippen LogP) is 4.55. The van der Waals surface area contributed by atoms with Gasteiger partial charge in [0.15, 0.2) is 16.8 Å². The molecule has 4 aromatic rings. The first-order chi connectivity index (χ1) is 13.7. The molecule has 0 saturated carbocycles. The van der Waals surface area contributed by atoms with Crippen LogP contribution in [-0.2, 0) is 12.3 Å². The molecular weight excluding hydrogens is 392 g/mol. The lowest BCUT2D eigenvalue weighted by atomic mass is 10.1. The van der Waals surface area contributed by atoms with E-state index < -0.39 is 0 Å². The van der Waals surface area contributed by atoms with E-state index in [0.717, 1.165) is 28.0 Å². The average molecular weight is 409 g/mol. The maximum Gasteiger partial charge on any atom is 0.259 e. The summed E-state index contributed by atoms with van der Waals surface area (Å²) in [5.41, 5.74) is 2.20. The number of aryl methyl sites for hydroxylation is 1. The van der Waals surface area contributed by atoms with Crippen LogP contribution in [0.4, 0.5) is 0 Å². The molecule has 9 heteroatoms. The number of hydrogen-bond donors (Lipinski definition) is 0. The van der Waals surface area contributed by atoms with Crippen molar-refractivity contribution in [3.8, 4) is 28.2 Å². The molecule has 0 atom stereocenters. The second-order valence-electron chi connectivity index (χ2n) is 5.99. The molecule has 7 nitrogen and oxygen atoms in total. The van der Waals surface area contributed by atoms with E-state index in [1.807, 2.05) is 36.6 Å². The van der Waals surface area contributed by atoms with Gasteiger partial charge in [-0.3, -0.25) is 0 Å².